The van der Waals surface area contributed by atoms with Gasteiger partial charge in [-0.1, -0.05) is 6.07 Å². The number of hydrogen-bond donors (Lipinski definition) is 1. The summed E-state index contributed by atoms with van der Waals surface area (Å²) in [5.41, 5.74) is 2.51. The number of benzene rings is 1. The molecule has 19 heavy (non-hydrogen) atoms. The van der Waals surface area contributed by atoms with Crippen LogP contribution in [0.15, 0.2) is 22.6 Å². The topological polar surface area (TPSA) is 58.4 Å². The molecule has 0 unspecified atom stereocenters. The van der Waals surface area contributed by atoms with Gasteiger partial charge in [-0.3, -0.25) is 4.79 Å². The molecule has 1 N–H and O–H groups in total. The number of likely N-dealkylation sites (N-methyl/N-ethyl adjacent to an activating group) is 1. The number of aromatic nitrogens is 1. The third-order valence-electron chi connectivity index (χ3n) is 2.80. The fourth-order valence-electron chi connectivity index (χ4n) is 1.86. The number of carbonyl (C=O) groups excluding carboxylic acids is 1. The smallest absolute Gasteiger partial charge is 0.224 e. The van der Waals surface area contributed by atoms with Crippen molar-refractivity contribution in [3.8, 4) is 0 Å². The number of nitrogens with one attached hydrogen (secondary N) is 1. The first-order valence-electron chi connectivity index (χ1n) is 6.32. The van der Waals surface area contributed by atoms with Crippen molar-refractivity contribution in [2.45, 2.75) is 13.3 Å². The van der Waals surface area contributed by atoms with Crippen LogP contribution in [0.1, 0.15) is 11.5 Å². The lowest BCUT2D eigenvalue weighted by Gasteiger charge is -2.10. The summed E-state index contributed by atoms with van der Waals surface area (Å²) in [5, 5.41) is 2.89. The number of fused-ring (bicyclic) bond motifs is 1. The van der Waals surface area contributed by atoms with Gasteiger partial charge in [0.25, 0.3) is 0 Å². The highest BCUT2D eigenvalue weighted by Crippen LogP contribution is 2.16. The Hall–Kier alpha value is -1.88. The summed E-state index contributed by atoms with van der Waals surface area (Å²) < 4.78 is 5.40. The molecule has 1 aromatic carbocycles. The molecular weight excluding hydrogens is 242 g/mol. The van der Waals surface area contributed by atoms with Gasteiger partial charge in [0.2, 0.25) is 5.91 Å². The minimum atomic E-state index is 0.0291. The average Bonchev–Trinajstić information content (AvgIpc) is 2.67. The van der Waals surface area contributed by atoms with Crippen LogP contribution < -0.4 is 5.32 Å². The maximum atomic E-state index is 11.8. The molecule has 0 radical (unpaired) electrons. The maximum Gasteiger partial charge on any atom is 0.224 e. The Morgan fingerprint density at radius 2 is 2.21 bits per heavy atom. The summed E-state index contributed by atoms with van der Waals surface area (Å²) in [4.78, 5) is 18.1. The quantitative estimate of drug-likeness (QED) is 0.883. The van der Waals surface area contributed by atoms with E-state index in [0.29, 0.717) is 18.9 Å². The molecule has 1 amide bonds. The molecule has 0 atom stereocenters. The molecule has 2 rings (SSSR count). The zero-order valence-electron chi connectivity index (χ0n) is 11.6. The van der Waals surface area contributed by atoms with E-state index in [9.17, 15) is 4.79 Å². The van der Waals surface area contributed by atoms with Crippen molar-refractivity contribution in [3.63, 3.8) is 0 Å². The highest BCUT2D eigenvalue weighted by molar-refractivity contribution is 5.81. The van der Waals surface area contributed by atoms with Crippen LogP contribution in [0.2, 0.25) is 0 Å². The molecule has 5 heteroatoms. The Balaban J connectivity index is 1.95. The van der Waals surface area contributed by atoms with Gasteiger partial charge in [-0.25, -0.2) is 4.98 Å². The Bertz CT molecular complexity index is 575. The van der Waals surface area contributed by atoms with E-state index >= 15 is 0 Å². The van der Waals surface area contributed by atoms with E-state index < -0.39 is 0 Å². The first-order chi connectivity index (χ1) is 9.04. The van der Waals surface area contributed by atoms with Crippen molar-refractivity contribution in [1.29, 1.82) is 0 Å². The first kappa shape index (κ1) is 13.5. The van der Waals surface area contributed by atoms with Gasteiger partial charge in [0.05, 0.1) is 6.42 Å². The van der Waals surface area contributed by atoms with E-state index in [2.05, 4.69) is 10.3 Å². The minimum absolute atomic E-state index is 0.0291. The molecule has 1 aromatic heterocycles. The van der Waals surface area contributed by atoms with Gasteiger partial charge in [0, 0.05) is 20.0 Å². The number of carbonyl (C=O) groups is 1. The highest BCUT2D eigenvalue weighted by Gasteiger charge is 2.07. The Labute approximate surface area is 112 Å². The average molecular weight is 261 g/mol. The van der Waals surface area contributed by atoms with Crippen LogP contribution in [0, 0.1) is 6.92 Å². The molecule has 0 aliphatic heterocycles. The molecule has 0 saturated heterocycles. The van der Waals surface area contributed by atoms with Crippen molar-refractivity contribution < 1.29 is 9.21 Å². The number of aryl methyl sites for hydroxylation is 1. The van der Waals surface area contributed by atoms with Gasteiger partial charge >= 0.3 is 0 Å². The maximum absolute atomic E-state index is 11.8. The lowest BCUT2D eigenvalue weighted by Crippen LogP contribution is -2.32. The van der Waals surface area contributed by atoms with Gasteiger partial charge < -0.3 is 14.6 Å². The van der Waals surface area contributed by atoms with Crippen molar-refractivity contribution in [2.24, 2.45) is 0 Å². The van der Waals surface area contributed by atoms with Gasteiger partial charge in [-0.15, -0.1) is 0 Å². The number of hydrogen-bond acceptors (Lipinski definition) is 4. The molecule has 0 bridgehead atoms. The molecule has 102 valence electrons. The molecule has 0 spiro atoms. The minimum Gasteiger partial charge on any atom is -0.441 e. The predicted molar refractivity (Wildman–Crippen MR) is 74.0 cm³/mol. The van der Waals surface area contributed by atoms with Gasteiger partial charge in [-0.2, -0.15) is 0 Å². The summed E-state index contributed by atoms with van der Waals surface area (Å²) in [7, 11) is 3.96. The summed E-state index contributed by atoms with van der Waals surface area (Å²) in [6.07, 6.45) is 0.370. The number of nitrogens with zero attached hydrogens (tertiary/aromatic N) is 2. The van der Waals surface area contributed by atoms with Gasteiger partial charge in [-0.05, 0) is 31.8 Å². The molecule has 1 heterocycles. The molecular formula is C14H19N3O2. The van der Waals surface area contributed by atoms with E-state index in [1.165, 1.54) is 0 Å². The van der Waals surface area contributed by atoms with Crippen LogP contribution in [-0.2, 0) is 11.2 Å². The SMILES string of the molecule is Cc1nc2cc(CC(=O)NCCN(C)C)ccc2o1. The molecule has 0 saturated carbocycles. The zero-order chi connectivity index (χ0) is 13.8. The third-order valence-corrected chi connectivity index (χ3v) is 2.80. The van der Waals surface area contributed by atoms with E-state index in [0.717, 1.165) is 23.2 Å². The summed E-state index contributed by atoms with van der Waals surface area (Å²) in [6.45, 7) is 3.32. The van der Waals surface area contributed by atoms with E-state index in [4.69, 9.17) is 4.42 Å². The fraction of sp³-hybridized carbons (Fsp3) is 0.429. The van der Waals surface area contributed by atoms with E-state index in [1.807, 2.05) is 44.1 Å². The molecule has 2 aromatic rings. The lowest BCUT2D eigenvalue weighted by atomic mass is 10.1. The normalized spacial score (nSPS) is 11.2. The van der Waals surface area contributed by atoms with Crippen molar-refractivity contribution >= 4 is 17.0 Å². The second-order valence-electron chi connectivity index (χ2n) is 4.86. The zero-order valence-corrected chi connectivity index (χ0v) is 11.6. The number of amides is 1. The summed E-state index contributed by atoms with van der Waals surface area (Å²) >= 11 is 0. The number of rotatable bonds is 5. The van der Waals surface area contributed by atoms with Crippen LogP contribution >= 0.6 is 0 Å². The molecule has 5 nitrogen and oxygen atoms in total. The van der Waals surface area contributed by atoms with Crippen LogP contribution in [0.3, 0.4) is 0 Å². The fourth-order valence-corrected chi connectivity index (χ4v) is 1.86. The van der Waals surface area contributed by atoms with Crippen LogP contribution in [0.25, 0.3) is 11.1 Å². The standard InChI is InChI=1S/C14H19N3O2/c1-10-16-12-8-11(4-5-13(12)19-10)9-14(18)15-6-7-17(2)3/h4-5,8H,6-7,9H2,1-3H3,(H,15,18). The van der Waals surface area contributed by atoms with Gasteiger partial charge in [0.1, 0.15) is 5.52 Å². The van der Waals surface area contributed by atoms with E-state index in [-0.39, 0.29) is 5.91 Å². The summed E-state index contributed by atoms with van der Waals surface area (Å²) in [6, 6.07) is 5.66. The van der Waals surface area contributed by atoms with Crippen LogP contribution in [0.5, 0.6) is 0 Å². The lowest BCUT2D eigenvalue weighted by molar-refractivity contribution is -0.120. The molecule has 0 fully saturated rings. The molecule has 0 aliphatic rings. The summed E-state index contributed by atoms with van der Waals surface area (Å²) in [5.74, 6) is 0.670. The Morgan fingerprint density at radius 1 is 1.42 bits per heavy atom. The van der Waals surface area contributed by atoms with Crippen molar-refractivity contribution in [1.82, 2.24) is 15.2 Å². The third kappa shape index (κ3) is 3.79. The Morgan fingerprint density at radius 3 is 2.95 bits per heavy atom. The largest absolute Gasteiger partial charge is 0.441 e. The Kier molecular flexibility index (Phi) is 4.16. The van der Waals surface area contributed by atoms with Gasteiger partial charge in [0.15, 0.2) is 11.5 Å². The van der Waals surface area contributed by atoms with Crippen molar-refractivity contribution in [3.05, 3.63) is 29.7 Å². The van der Waals surface area contributed by atoms with Crippen LogP contribution in [-0.4, -0.2) is 43.0 Å². The second kappa shape index (κ2) is 5.84. The monoisotopic (exact) mass is 261 g/mol. The second-order valence-corrected chi connectivity index (χ2v) is 4.86. The van der Waals surface area contributed by atoms with E-state index in [1.54, 1.807) is 0 Å². The first-order valence-corrected chi connectivity index (χ1v) is 6.32. The highest BCUT2D eigenvalue weighted by atomic mass is 16.3. The van der Waals surface area contributed by atoms with Crippen LogP contribution in [0.4, 0.5) is 0 Å². The predicted octanol–water partition coefficient (Wildman–Crippen LogP) is 1.36. The number of oxazole rings is 1. The van der Waals surface area contributed by atoms with Crippen molar-refractivity contribution in [2.75, 3.05) is 27.2 Å². The molecule has 0 aliphatic carbocycles.